The third kappa shape index (κ3) is 3.34. The van der Waals surface area contributed by atoms with Crippen molar-refractivity contribution < 1.29 is 14.3 Å². The molecule has 1 aliphatic rings. The Bertz CT molecular complexity index is 486. The average molecular weight is 261 g/mol. The van der Waals surface area contributed by atoms with Crippen molar-refractivity contribution in [2.75, 3.05) is 7.11 Å². The number of carbonyl (C=O) groups is 2. The third-order valence-corrected chi connectivity index (χ3v) is 3.55. The van der Waals surface area contributed by atoms with Gasteiger partial charge in [0.15, 0.2) is 0 Å². The highest BCUT2D eigenvalue weighted by atomic mass is 16.5. The monoisotopic (exact) mass is 261 g/mol. The highest BCUT2D eigenvalue weighted by molar-refractivity contribution is 5.95. The summed E-state index contributed by atoms with van der Waals surface area (Å²) in [6, 6.07) is 5.52. The van der Waals surface area contributed by atoms with Crippen molar-refractivity contribution in [3.05, 3.63) is 29.3 Å². The number of ketones is 1. The maximum absolute atomic E-state index is 12.1. The van der Waals surface area contributed by atoms with Gasteiger partial charge in [-0.1, -0.05) is 6.07 Å². The number of benzene rings is 1. The molecule has 0 radical (unpaired) electrons. The van der Waals surface area contributed by atoms with Crippen LogP contribution in [0.1, 0.15) is 41.6 Å². The van der Waals surface area contributed by atoms with Crippen molar-refractivity contribution in [3.8, 4) is 5.75 Å². The van der Waals surface area contributed by atoms with Gasteiger partial charge in [-0.2, -0.15) is 0 Å². The first-order chi connectivity index (χ1) is 9.10. The lowest BCUT2D eigenvalue weighted by molar-refractivity contribution is -0.120. The summed E-state index contributed by atoms with van der Waals surface area (Å²) in [7, 11) is 1.59. The van der Waals surface area contributed by atoms with Gasteiger partial charge in [-0.05, 0) is 37.5 Å². The van der Waals surface area contributed by atoms with Crippen molar-refractivity contribution in [1.29, 1.82) is 0 Å². The Morgan fingerprint density at radius 2 is 2.00 bits per heavy atom. The van der Waals surface area contributed by atoms with Gasteiger partial charge in [0.2, 0.25) is 0 Å². The lowest BCUT2D eigenvalue weighted by Gasteiger charge is -2.22. The minimum atomic E-state index is -0.0994. The highest BCUT2D eigenvalue weighted by Gasteiger charge is 2.20. The van der Waals surface area contributed by atoms with Gasteiger partial charge in [0.1, 0.15) is 11.5 Å². The summed E-state index contributed by atoms with van der Waals surface area (Å²) in [4.78, 5) is 23.3. The van der Waals surface area contributed by atoms with Crippen LogP contribution in [0.5, 0.6) is 5.75 Å². The molecule has 102 valence electrons. The molecule has 0 aliphatic heterocycles. The van der Waals surface area contributed by atoms with E-state index in [1.165, 1.54) is 0 Å². The number of Topliss-reactive ketones (excluding diaryl/α,β-unsaturated/α-hetero) is 1. The van der Waals surface area contributed by atoms with E-state index in [0.717, 1.165) is 18.4 Å². The van der Waals surface area contributed by atoms with Gasteiger partial charge in [0.05, 0.1) is 7.11 Å². The van der Waals surface area contributed by atoms with Gasteiger partial charge in [0.25, 0.3) is 5.91 Å². The van der Waals surface area contributed by atoms with Gasteiger partial charge in [-0.15, -0.1) is 0 Å². The second-order valence-corrected chi connectivity index (χ2v) is 4.97. The van der Waals surface area contributed by atoms with E-state index >= 15 is 0 Å². The largest absolute Gasteiger partial charge is 0.496 e. The highest BCUT2D eigenvalue weighted by Crippen LogP contribution is 2.20. The molecular weight excluding hydrogens is 242 g/mol. The van der Waals surface area contributed by atoms with E-state index in [1.807, 2.05) is 13.0 Å². The van der Waals surface area contributed by atoms with Crippen molar-refractivity contribution in [1.82, 2.24) is 5.32 Å². The van der Waals surface area contributed by atoms with Gasteiger partial charge in [0, 0.05) is 24.4 Å². The molecule has 4 nitrogen and oxygen atoms in total. The number of carbonyl (C=O) groups excluding carboxylic acids is 2. The van der Waals surface area contributed by atoms with Crippen LogP contribution in [0.3, 0.4) is 0 Å². The Labute approximate surface area is 113 Å². The van der Waals surface area contributed by atoms with Gasteiger partial charge >= 0.3 is 0 Å². The van der Waals surface area contributed by atoms with E-state index in [1.54, 1.807) is 19.2 Å². The van der Waals surface area contributed by atoms with E-state index in [4.69, 9.17) is 4.74 Å². The van der Waals surface area contributed by atoms with E-state index in [-0.39, 0.29) is 11.9 Å². The first-order valence-corrected chi connectivity index (χ1v) is 6.57. The predicted octanol–water partition coefficient (Wildman–Crippen LogP) is 2.25. The summed E-state index contributed by atoms with van der Waals surface area (Å²) in [5.74, 6) is 0.909. The van der Waals surface area contributed by atoms with Gasteiger partial charge in [-0.3, -0.25) is 9.59 Å². The molecule has 0 bridgehead atoms. The van der Waals surface area contributed by atoms with Gasteiger partial charge in [-0.25, -0.2) is 0 Å². The molecule has 0 saturated heterocycles. The fourth-order valence-corrected chi connectivity index (χ4v) is 2.31. The van der Waals surface area contributed by atoms with Crippen LogP contribution in [-0.2, 0) is 4.79 Å². The lowest BCUT2D eigenvalue weighted by Crippen LogP contribution is -2.37. The molecule has 1 aromatic rings. The standard InChI is InChI=1S/C15H19NO3/c1-10-3-4-11(9-14(10)19-2)15(18)16-12-5-7-13(17)8-6-12/h3-4,9,12H,5-8H2,1-2H3,(H,16,18). The first-order valence-electron chi connectivity index (χ1n) is 6.57. The van der Waals surface area contributed by atoms with Crippen molar-refractivity contribution in [3.63, 3.8) is 0 Å². The van der Waals surface area contributed by atoms with Crippen LogP contribution in [0.15, 0.2) is 18.2 Å². The minimum absolute atomic E-state index is 0.0994. The minimum Gasteiger partial charge on any atom is -0.496 e. The van der Waals surface area contributed by atoms with Crippen LogP contribution in [0.25, 0.3) is 0 Å². The first kappa shape index (κ1) is 13.6. The molecule has 0 unspecified atom stereocenters. The molecule has 4 heteroatoms. The molecule has 0 spiro atoms. The molecule has 2 rings (SSSR count). The van der Waals surface area contributed by atoms with Crippen LogP contribution < -0.4 is 10.1 Å². The van der Waals surface area contributed by atoms with Crippen molar-refractivity contribution in [2.24, 2.45) is 0 Å². The fraction of sp³-hybridized carbons (Fsp3) is 0.467. The molecule has 0 heterocycles. The molecule has 0 aromatic heterocycles. The van der Waals surface area contributed by atoms with Crippen LogP contribution >= 0.6 is 0 Å². The Kier molecular flexibility index (Phi) is 4.20. The maximum Gasteiger partial charge on any atom is 0.251 e. The molecule has 1 N–H and O–H groups in total. The van der Waals surface area contributed by atoms with Crippen LogP contribution in [0, 0.1) is 6.92 Å². The number of amides is 1. The number of hydrogen-bond donors (Lipinski definition) is 1. The Hall–Kier alpha value is -1.84. The number of methoxy groups -OCH3 is 1. The molecule has 1 amide bonds. The van der Waals surface area contributed by atoms with Crippen LogP contribution in [-0.4, -0.2) is 24.8 Å². The summed E-state index contributed by atoms with van der Waals surface area (Å²) < 4.78 is 5.22. The molecule has 1 fully saturated rings. The topological polar surface area (TPSA) is 55.4 Å². The van der Waals surface area contributed by atoms with E-state index < -0.39 is 0 Å². The number of ether oxygens (including phenoxy) is 1. The molecular formula is C15H19NO3. The van der Waals surface area contributed by atoms with Crippen LogP contribution in [0.2, 0.25) is 0 Å². The number of nitrogens with one attached hydrogen (secondary N) is 1. The second-order valence-electron chi connectivity index (χ2n) is 4.97. The van der Waals surface area contributed by atoms with E-state index in [0.29, 0.717) is 29.9 Å². The smallest absolute Gasteiger partial charge is 0.251 e. The second kappa shape index (κ2) is 5.87. The summed E-state index contributed by atoms with van der Waals surface area (Å²) in [6.07, 6.45) is 2.63. The zero-order chi connectivity index (χ0) is 13.8. The Morgan fingerprint density at radius 3 is 2.63 bits per heavy atom. The molecule has 0 atom stereocenters. The Morgan fingerprint density at radius 1 is 1.32 bits per heavy atom. The maximum atomic E-state index is 12.1. The zero-order valence-corrected chi connectivity index (χ0v) is 11.4. The fourth-order valence-electron chi connectivity index (χ4n) is 2.31. The van der Waals surface area contributed by atoms with Crippen molar-refractivity contribution in [2.45, 2.75) is 38.6 Å². The average Bonchev–Trinajstić information content (AvgIpc) is 2.42. The SMILES string of the molecule is COc1cc(C(=O)NC2CCC(=O)CC2)ccc1C. The summed E-state index contributed by atoms with van der Waals surface area (Å²) in [5.41, 5.74) is 1.60. The summed E-state index contributed by atoms with van der Waals surface area (Å²) in [6.45, 7) is 1.94. The molecule has 1 aromatic carbocycles. The Balaban J connectivity index is 2.01. The summed E-state index contributed by atoms with van der Waals surface area (Å²) >= 11 is 0. The van der Waals surface area contributed by atoms with Crippen molar-refractivity contribution >= 4 is 11.7 Å². The normalized spacial score (nSPS) is 16.2. The summed E-state index contributed by atoms with van der Waals surface area (Å²) in [5, 5.41) is 2.98. The molecule has 1 aliphatic carbocycles. The molecule has 1 saturated carbocycles. The quantitative estimate of drug-likeness (QED) is 0.908. The predicted molar refractivity (Wildman–Crippen MR) is 72.5 cm³/mol. The number of hydrogen-bond acceptors (Lipinski definition) is 3. The van der Waals surface area contributed by atoms with E-state index in [2.05, 4.69) is 5.32 Å². The lowest BCUT2D eigenvalue weighted by atomic mass is 9.94. The number of rotatable bonds is 3. The zero-order valence-electron chi connectivity index (χ0n) is 11.4. The van der Waals surface area contributed by atoms with E-state index in [9.17, 15) is 9.59 Å². The van der Waals surface area contributed by atoms with Crippen LogP contribution in [0.4, 0.5) is 0 Å². The molecule has 19 heavy (non-hydrogen) atoms. The third-order valence-electron chi connectivity index (χ3n) is 3.55. The number of aryl methyl sites for hydroxylation is 1. The van der Waals surface area contributed by atoms with Gasteiger partial charge < -0.3 is 10.1 Å².